The fraction of sp³-hybridized carbons (Fsp3) is 0.533. The summed E-state index contributed by atoms with van der Waals surface area (Å²) in [7, 11) is -3.42. The molecule has 116 valence electrons. The van der Waals surface area contributed by atoms with E-state index >= 15 is 0 Å². The number of benzene rings is 1. The van der Waals surface area contributed by atoms with Gasteiger partial charge in [-0.15, -0.1) is 0 Å². The number of rotatable bonds is 5. The van der Waals surface area contributed by atoms with E-state index in [1.165, 1.54) is 19.4 Å². The standard InChI is InChI=1S/C15H22N2O3S/c1-15(2,21(3,19)20)14(18)16-9-8-11-10-17-13-7-5-4-6-12(11)13/h4-7,11,17H,8-10H2,1-3H3,(H,16,18). The fourth-order valence-electron chi connectivity index (χ4n) is 2.36. The summed E-state index contributed by atoms with van der Waals surface area (Å²) in [4.78, 5) is 12.0. The van der Waals surface area contributed by atoms with Crippen LogP contribution in [0.2, 0.25) is 0 Å². The number of hydrogen-bond acceptors (Lipinski definition) is 4. The Balaban J connectivity index is 1.90. The zero-order valence-electron chi connectivity index (χ0n) is 12.6. The van der Waals surface area contributed by atoms with Crippen LogP contribution >= 0.6 is 0 Å². The van der Waals surface area contributed by atoms with E-state index in [9.17, 15) is 13.2 Å². The minimum atomic E-state index is -3.42. The van der Waals surface area contributed by atoms with Crippen LogP contribution < -0.4 is 10.6 Å². The monoisotopic (exact) mass is 310 g/mol. The largest absolute Gasteiger partial charge is 0.384 e. The molecule has 0 saturated heterocycles. The molecule has 1 unspecified atom stereocenters. The molecule has 0 radical (unpaired) electrons. The summed E-state index contributed by atoms with van der Waals surface area (Å²) in [5.41, 5.74) is 2.40. The number of amides is 1. The van der Waals surface area contributed by atoms with Crippen molar-refractivity contribution in [2.45, 2.75) is 30.9 Å². The van der Waals surface area contributed by atoms with Gasteiger partial charge in [-0.1, -0.05) is 18.2 Å². The topological polar surface area (TPSA) is 75.3 Å². The molecule has 0 aromatic heterocycles. The highest BCUT2D eigenvalue weighted by molar-refractivity contribution is 7.92. The quantitative estimate of drug-likeness (QED) is 0.865. The summed E-state index contributed by atoms with van der Waals surface area (Å²) in [6.07, 6.45) is 1.87. The first-order valence-electron chi connectivity index (χ1n) is 7.04. The number of fused-ring (bicyclic) bond motifs is 1. The highest BCUT2D eigenvalue weighted by atomic mass is 32.2. The molecule has 0 spiro atoms. The van der Waals surface area contributed by atoms with Crippen LogP contribution in [0, 0.1) is 0 Å². The average Bonchev–Trinajstić information content (AvgIpc) is 2.81. The van der Waals surface area contributed by atoms with Crippen molar-refractivity contribution in [3.8, 4) is 0 Å². The van der Waals surface area contributed by atoms with Crippen molar-refractivity contribution < 1.29 is 13.2 Å². The van der Waals surface area contributed by atoms with Crippen LogP contribution in [0.1, 0.15) is 31.7 Å². The molecule has 1 aromatic carbocycles. The zero-order valence-corrected chi connectivity index (χ0v) is 13.5. The van der Waals surface area contributed by atoms with Gasteiger partial charge in [0.25, 0.3) is 0 Å². The van der Waals surface area contributed by atoms with Gasteiger partial charge in [0.2, 0.25) is 5.91 Å². The third-order valence-corrected chi connectivity index (χ3v) is 6.23. The van der Waals surface area contributed by atoms with Crippen molar-refractivity contribution in [1.29, 1.82) is 0 Å². The van der Waals surface area contributed by atoms with Gasteiger partial charge < -0.3 is 10.6 Å². The first kappa shape index (κ1) is 15.8. The minimum absolute atomic E-state index is 0.350. The minimum Gasteiger partial charge on any atom is -0.384 e. The third kappa shape index (κ3) is 3.20. The maximum Gasteiger partial charge on any atom is 0.240 e. The van der Waals surface area contributed by atoms with E-state index in [0.717, 1.165) is 24.9 Å². The second-order valence-electron chi connectivity index (χ2n) is 5.99. The molecule has 1 aliphatic heterocycles. The molecular weight excluding hydrogens is 288 g/mol. The fourth-order valence-corrected chi connectivity index (χ4v) is 2.76. The van der Waals surface area contributed by atoms with Gasteiger partial charge in [0.15, 0.2) is 9.84 Å². The summed E-state index contributed by atoms with van der Waals surface area (Å²) < 4.78 is 21.8. The van der Waals surface area contributed by atoms with Crippen LogP contribution in [0.25, 0.3) is 0 Å². The van der Waals surface area contributed by atoms with Gasteiger partial charge >= 0.3 is 0 Å². The maximum absolute atomic E-state index is 12.0. The van der Waals surface area contributed by atoms with Gasteiger partial charge in [0, 0.05) is 31.0 Å². The van der Waals surface area contributed by atoms with Crippen molar-refractivity contribution >= 4 is 21.4 Å². The molecule has 0 saturated carbocycles. The molecular formula is C15H22N2O3S. The number of para-hydroxylation sites is 1. The highest BCUT2D eigenvalue weighted by Gasteiger charge is 2.38. The summed E-state index contributed by atoms with van der Waals surface area (Å²) in [5.74, 6) is -0.0907. The van der Waals surface area contributed by atoms with Crippen molar-refractivity contribution in [3.63, 3.8) is 0 Å². The molecule has 1 aliphatic rings. The van der Waals surface area contributed by atoms with Gasteiger partial charge in [-0.25, -0.2) is 8.42 Å². The lowest BCUT2D eigenvalue weighted by Crippen LogP contribution is -2.47. The molecule has 1 heterocycles. The lowest BCUT2D eigenvalue weighted by atomic mass is 9.98. The van der Waals surface area contributed by atoms with Crippen molar-refractivity contribution in [2.24, 2.45) is 0 Å². The van der Waals surface area contributed by atoms with Crippen LogP contribution in [0.15, 0.2) is 24.3 Å². The molecule has 6 heteroatoms. The van der Waals surface area contributed by atoms with E-state index in [1.54, 1.807) is 0 Å². The van der Waals surface area contributed by atoms with E-state index in [0.29, 0.717) is 12.5 Å². The van der Waals surface area contributed by atoms with Crippen LogP contribution in [0.5, 0.6) is 0 Å². The number of nitrogens with one attached hydrogen (secondary N) is 2. The highest BCUT2D eigenvalue weighted by Crippen LogP contribution is 2.32. The van der Waals surface area contributed by atoms with Crippen LogP contribution in [-0.4, -0.2) is 38.4 Å². The molecule has 5 nitrogen and oxygen atoms in total. The molecule has 0 fully saturated rings. The van der Waals surface area contributed by atoms with Crippen molar-refractivity contribution in [1.82, 2.24) is 5.32 Å². The molecule has 21 heavy (non-hydrogen) atoms. The number of hydrogen-bond donors (Lipinski definition) is 2. The molecule has 0 bridgehead atoms. The predicted molar refractivity (Wildman–Crippen MR) is 84.2 cm³/mol. The second-order valence-corrected chi connectivity index (χ2v) is 8.56. The molecule has 1 aromatic rings. The number of carbonyl (C=O) groups excluding carboxylic acids is 1. The lowest BCUT2D eigenvalue weighted by Gasteiger charge is -2.22. The summed E-state index contributed by atoms with van der Waals surface area (Å²) in [6.45, 7) is 4.19. The summed E-state index contributed by atoms with van der Waals surface area (Å²) in [5, 5.41) is 6.08. The third-order valence-electron chi connectivity index (χ3n) is 4.19. The van der Waals surface area contributed by atoms with Crippen molar-refractivity contribution in [2.75, 3.05) is 24.7 Å². The molecule has 1 atom stereocenters. The van der Waals surface area contributed by atoms with Crippen LogP contribution in [0.3, 0.4) is 0 Å². The molecule has 2 N–H and O–H groups in total. The summed E-state index contributed by atoms with van der Waals surface area (Å²) in [6, 6.07) is 8.12. The Kier molecular flexibility index (Phi) is 4.27. The Bertz CT molecular complexity index is 638. The zero-order chi connectivity index (χ0) is 15.7. The molecule has 0 aliphatic carbocycles. The normalized spacial score (nSPS) is 18.0. The number of anilines is 1. The van der Waals surface area contributed by atoms with Gasteiger partial charge in [-0.3, -0.25) is 4.79 Å². The number of sulfone groups is 1. The Morgan fingerprint density at radius 2 is 2.05 bits per heavy atom. The Hall–Kier alpha value is -1.56. The van der Waals surface area contributed by atoms with Gasteiger partial charge in [-0.2, -0.15) is 0 Å². The van der Waals surface area contributed by atoms with Gasteiger partial charge in [0.05, 0.1) is 0 Å². The van der Waals surface area contributed by atoms with E-state index in [4.69, 9.17) is 0 Å². The number of carbonyl (C=O) groups is 1. The lowest BCUT2D eigenvalue weighted by molar-refractivity contribution is -0.122. The smallest absolute Gasteiger partial charge is 0.240 e. The Morgan fingerprint density at radius 1 is 1.38 bits per heavy atom. The van der Waals surface area contributed by atoms with Crippen LogP contribution in [0.4, 0.5) is 5.69 Å². The first-order chi connectivity index (χ1) is 9.73. The Morgan fingerprint density at radius 3 is 2.71 bits per heavy atom. The van der Waals surface area contributed by atoms with Crippen LogP contribution in [-0.2, 0) is 14.6 Å². The average molecular weight is 310 g/mol. The van der Waals surface area contributed by atoms with E-state index in [2.05, 4.69) is 16.7 Å². The van der Waals surface area contributed by atoms with E-state index < -0.39 is 20.5 Å². The summed E-state index contributed by atoms with van der Waals surface area (Å²) >= 11 is 0. The maximum atomic E-state index is 12.0. The molecule has 2 rings (SSSR count). The second kappa shape index (κ2) is 5.67. The van der Waals surface area contributed by atoms with Crippen molar-refractivity contribution in [3.05, 3.63) is 29.8 Å². The first-order valence-corrected chi connectivity index (χ1v) is 8.93. The van der Waals surface area contributed by atoms with Gasteiger partial charge in [0.1, 0.15) is 4.75 Å². The SMILES string of the molecule is CC(C)(C(=O)NCCC1CNc2ccccc21)S(C)(=O)=O. The Labute approximate surface area is 126 Å². The molecule has 1 amide bonds. The van der Waals surface area contributed by atoms with Gasteiger partial charge in [-0.05, 0) is 31.9 Å². The van der Waals surface area contributed by atoms with E-state index in [-0.39, 0.29) is 0 Å². The predicted octanol–water partition coefficient (Wildman–Crippen LogP) is 1.53. The van der Waals surface area contributed by atoms with E-state index in [1.807, 2.05) is 18.2 Å².